The van der Waals surface area contributed by atoms with Crippen molar-refractivity contribution >= 4 is 36.1 Å². The first-order chi connectivity index (χ1) is 17.9. The normalized spacial score (nSPS) is 13.9. The predicted octanol–water partition coefficient (Wildman–Crippen LogP) is 6.25. The maximum absolute atomic E-state index is 12.8. The van der Waals surface area contributed by atoms with Crippen molar-refractivity contribution in [1.82, 2.24) is 14.9 Å². The fraction of sp³-hybridized carbons (Fsp3) is 0.414. The smallest absolute Gasteiger partial charge is 0.336 e. The van der Waals surface area contributed by atoms with E-state index in [1.807, 2.05) is 36.4 Å². The molecule has 1 heterocycles. The molecule has 1 saturated carbocycles. The molecule has 3 aromatic rings. The molecular weight excluding hydrogens is 506 g/mol. The van der Waals surface area contributed by atoms with Crippen molar-refractivity contribution in [1.29, 1.82) is 0 Å². The lowest BCUT2D eigenvalue weighted by atomic mass is 9.99. The van der Waals surface area contributed by atoms with Gasteiger partial charge in [0.2, 0.25) is 5.91 Å². The number of carboxylic acid groups (broad SMARTS) is 1. The van der Waals surface area contributed by atoms with Crippen molar-refractivity contribution in [2.24, 2.45) is 11.8 Å². The number of unbranched alkanes of at least 4 members (excludes halogenated alkanes) is 1. The van der Waals surface area contributed by atoms with E-state index in [0.717, 1.165) is 48.3 Å². The number of aromatic carboxylic acids is 1. The molecular formula is C29H34ClN3O3S. The average Bonchev–Trinajstić information content (AvgIpc) is 3.68. The van der Waals surface area contributed by atoms with Gasteiger partial charge in [0.25, 0.3) is 0 Å². The van der Waals surface area contributed by atoms with Gasteiger partial charge in [0.1, 0.15) is 5.82 Å². The molecule has 2 aromatic carbocycles. The summed E-state index contributed by atoms with van der Waals surface area (Å²) in [5, 5.41) is 13.0. The van der Waals surface area contributed by atoms with E-state index in [0.29, 0.717) is 35.5 Å². The van der Waals surface area contributed by atoms with Crippen LogP contribution in [0.5, 0.6) is 0 Å². The van der Waals surface area contributed by atoms with E-state index >= 15 is 0 Å². The molecule has 1 amide bonds. The number of amides is 1. The molecule has 196 valence electrons. The third-order valence-electron chi connectivity index (χ3n) is 6.96. The average molecular weight is 540 g/mol. The van der Waals surface area contributed by atoms with Crippen LogP contribution in [0.15, 0.2) is 48.5 Å². The summed E-state index contributed by atoms with van der Waals surface area (Å²) >= 11 is 11.0. The van der Waals surface area contributed by atoms with E-state index < -0.39 is 5.97 Å². The molecule has 1 aliphatic rings. The van der Waals surface area contributed by atoms with Crippen LogP contribution in [0.4, 0.5) is 0 Å². The number of carboxylic acids is 1. The number of benzene rings is 2. The maximum Gasteiger partial charge on any atom is 0.336 e. The number of nitrogens with one attached hydrogen (secondary N) is 1. The molecule has 1 unspecified atom stereocenters. The Kier molecular flexibility index (Phi) is 9.33. The quantitative estimate of drug-likeness (QED) is 0.224. The second-order valence-corrected chi connectivity index (χ2v) is 10.5. The predicted molar refractivity (Wildman–Crippen MR) is 150 cm³/mol. The van der Waals surface area contributed by atoms with Crippen LogP contribution in [0, 0.1) is 11.8 Å². The zero-order valence-corrected chi connectivity index (χ0v) is 22.8. The minimum absolute atomic E-state index is 0.0160. The van der Waals surface area contributed by atoms with Gasteiger partial charge >= 0.3 is 5.97 Å². The number of hydrogen-bond acceptors (Lipinski definition) is 4. The lowest BCUT2D eigenvalue weighted by Gasteiger charge is -2.16. The van der Waals surface area contributed by atoms with Crippen molar-refractivity contribution < 1.29 is 14.7 Å². The van der Waals surface area contributed by atoms with Crippen LogP contribution in [-0.4, -0.2) is 32.3 Å². The van der Waals surface area contributed by atoms with E-state index in [-0.39, 0.29) is 17.4 Å². The van der Waals surface area contributed by atoms with Crippen LogP contribution >= 0.6 is 24.2 Å². The third-order valence-corrected chi connectivity index (χ3v) is 7.70. The molecule has 37 heavy (non-hydrogen) atoms. The highest BCUT2D eigenvalue weighted by molar-refractivity contribution is 7.80. The number of carbonyl (C=O) groups is 2. The van der Waals surface area contributed by atoms with Gasteiger partial charge in [0.15, 0.2) is 5.15 Å². The highest BCUT2D eigenvalue weighted by Crippen LogP contribution is 2.35. The van der Waals surface area contributed by atoms with Gasteiger partial charge < -0.3 is 15.0 Å². The lowest BCUT2D eigenvalue weighted by Crippen LogP contribution is -2.32. The summed E-state index contributed by atoms with van der Waals surface area (Å²) in [6.45, 7) is 3.01. The summed E-state index contributed by atoms with van der Waals surface area (Å²) < 4.78 is 2.11. The van der Waals surface area contributed by atoms with E-state index in [1.54, 1.807) is 12.1 Å². The molecule has 8 heteroatoms. The van der Waals surface area contributed by atoms with Crippen LogP contribution in [-0.2, 0) is 24.3 Å². The van der Waals surface area contributed by atoms with E-state index in [1.165, 1.54) is 12.8 Å². The Morgan fingerprint density at radius 2 is 1.92 bits per heavy atom. The Bertz CT molecular complexity index is 1240. The SMILES string of the molecule is CCCCc1nc(Cl)c(CNC(=O)C(CS)CC2CC2)n1Cc1ccc(-c2ccccc2C(=O)O)cc1. The first kappa shape index (κ1) is 27.3. The van der Waals surface area contributed by atoms with Crippen molar-refractivity contribution in [3.8, 4) is 11.1 Å². The number of aryl methyl sites for hydroxylation is 1. The molecule has 1 fully saturated rings. The fourth-order valence-corrected chi connectivity index (χ4v) is 5.20. The molecule has 0 bridgehead atoms. The van der Waals surface area contributed by atoms with Gasteiger partial charge in [-0.1, -0.05) is 80.3 Å². The van der Waals surface area contributed by atoms with Gasteiger partial charge in [0, 0.05) is 24.6 Å². The zero-order chi connectivity index (χ0) is 26.4. The molecule has 1 aliphatic carbocycles. The van der Waals surface area contributed by atoms with E-state index in [9.17, 15) is 14.7 Å². The number of carbonyl (C=O) groups excluding carboxylic acids is 1. The monoisotopic (exact) mass is 539 g/mol. The van der Waals surface area contributed by atoms with Gasteiger partial charge in [-0.2, -0.15) is 12.6 Å². The highest BCUT2D eigenvalue weighted by Gasteiger charge is 2.29. The summed E-state index contributed by atoms with van der Waals surface area (Å²) in [7, 11) is 0. The Hall–Kier alpha value is -2.77. The Labute approximate surface area is 228 Å². The molecule has 2 N–H and O–H groups in total. The number of thiol groups is 1. The molecule has 0 saturated heterocycles. The van der Waals surface area contributed by atoms with Gasteiger partial charge in [-0.25, -0.2) is 9.78 Å². The minimum Gasteiger partial charge on any atom is -0.478 e. The Balaban J connectivity index is 1.54. The zero-order valence-electron chi connectivity index (χ0n) is 21.1. The van der Waals surface area contributed by atoms with Crippen molar-refractivity contribution in [3.63, 3.8) is 0 Å². The lowest BCUT2D eigenvalue weighted by molar-refractivity contribution is -0.124. The van der Waals surface area contributed by atoms with E-state index in [2.05, 4.69) is 34.4 Å². The highest BCUT2D eigenvalue weighted by atomic mass is 35.5. The molecule has 1 atom stereocenters. The number of halogens is 1. The van der Waals surface area contributed by atoms with Crippen LogP contribution in [0.1, 0.15) is 66.5 Å². The largest absolute Gasteiger partial charge is 0.478 e. The first-order valence-corrected chi connectivity index (χ1v) is 14.0. The second-order valence-electron chi connectivity index (χ2n) is 9.78. The molecule has 0 aliphatic heterocycles. The maximum atomic E-state index is 12.8. The van der Waals surface area contributed by atoms with Crippen LogP contribution < -0.4 is 5.32 Å². The number of imidazole rings is 1. The van der Waals surface area contributed by atoms with Crippen LogP contribution in [0.3, 0.4) is 0 Å². The molecule has 4 rings (SSSR count). The second kappa shape index (κ2) is 12.7. The van der Waals surface area contributed by atoms with Crippen molar-refractivity contribution in [3.05, 3.63) is 76.3 Å². The van der Waals surface area contributed by atoms with E-state index in [4.69, 9.17) is 11.6 Å². The summed E-state index contributed by atoms with van der Waals surface area (Å²) in [6, 6.07) is 14.9. The van der Waals surface area contributed by atoms with Crippen molar-refractivity contribution in [2.45, 2.75) is 58.5 Å². The summed E-state index contributed by atoms with van der Waals surface area (Å²) in [5.41, 5.74) is 3.64. The number of nitrogens with zero attached hydrogens (tertiary/aromatic N) is 2. The topological polar surface area (TPSA) is 84.2 Å². The minimum atomic E-state index is -0.947. The van der Waals surface area contributed by atoms with Gasteiger partial charge in [-0.3, -0.25) is 4.79 Å². The van der Waals surface area contributed by atoms with Crippen LogP contribution in [0.25, 0.3) is 11.1 Å². The number of rotatable bonds is 13. The van der Waals surface area contributed by atoms with Crippen LogP contribution in [0.2, 0.25) is 5.15 Å². The molecule has 6 nitrogen and oxygen atoms in total. The molecule has 1 aromatic heterocycles. The van der Waals surface area contributed by atoms with Crippen molar-refractivity contribution in [2.75, 3.05) is 5.75 Å². The van der Waals surface area contributed by atoms with Gasteiger partial charge in [-0.05, 0) is 41.5 Å². The summed E-state index contributed by atoms with van der Waals surface area (Å²) in [4.78, 5) is 29.1. The molecule has 0 radical (unpaired) electrons. The fourth-order valence-electron chi connectivity index (χ4n) is 4.62. The third kappa shape index (κ3) is 6.96. The Morgan fingerprint density at radius 3 is 2.57 bits per heavy atom. The Morgan fingerprint density at radius 1 is 1.19 bits per heavy atom. The number of hydrogen-bond donors (Lipinski definition) is 3. The first-order valence-electron chi connectivity index (χ1n) is 12.9. The van der Waals surface area contributed by atoms with Gasteiger partial charge in [0.05, 0.1) is 17.8 Å². The van der Waals surface area contributed by atoms with Gasteiger partial charge in [-0.15, -0.1) is 0 Å². The summed E-state index contributed by atoms with van der Waals surface area (Å²) in [5.74, 6) is 1.07. The number of aromatic nitrogens is 2. The molecule has 0 spiro atoms. The summed E-state index contributed by atoms with van der Waals surface area (Å²) in [6.07, 6.45) is 6.14. The standard InChI is InChI=1S/C29H34ClN3O3S/c1-2-3-8-26-32-27(30)25(16-31-28(34)22(18-37)15-19-9-10-19)33(26)17-20-11-13-21(14-12-20)23-6-4-5-7-24(23)29(35)36/h4-7,11-14,19,22,37H,2-3,8-10,15-18H2,1H3,(H,31,34)(H,35,36).